The molecule has 1 atom stereocenters. The SMILES string of the molecule is CC(C(=O)O)N(C)C(=O)NCCCC1CCCC1. The third kappa shape index (κ3) is 4.55. The highest BCUT2D eigenvalue weighted by Gasteiger charge is 2.21. The summed E-state index contributed by atoms with van der Waals surface area (Å²) in [5.74, 6) is -0.156. The van der Waals surface area contributed by atoms with Crippen LogP contribution in [0.15, 0.2) is 0 Å². The summed E-state index contributed by atoms with van der Waals surface area (Å²) in [6.07, 6.45) is 7.48. The van der Waals surface area contributed by atoms with Crippen LogP contribution in [-0.4, -0.2) is 41.6 Å². The van der Waals surface area contributed by atoms with Gasteiger partial charge in [-0.1, -0.05) is 25.7 Å². The Bertz CT molecular complexity index is 288. The Kier molecular flexibility index (Phi) is 5.95. The number of urea groups is 1. The molecule has 0 aromatic heterocycles. The first kappa shape index (κ1) is 14.8. The van der Waals surface area contributed by atoms with Crippen LogP contribution in [0.25, 0.3) is 0 Å². The minimum absolute atomic E-state index is 0.309. The molecular weight excluding hydrogens is 232 g/mol. The average Bonchev–Trinajstić information content (AvgIpc) is 2.85. The fourth-order valence-electron chi connectivity index (χ4n) is 2.35. The largest absolute Gasteiger partial charge is 0.480 e. The number of likely N-dealkylation sites (N-methyl/N-ethyl adjacent to an activating group) is 1. The van der Waals surface area contributed by atoms with Crippen molar-refractivity contribution in [1.82, 2.24) is 10.2 Å². The van der Waals surface area contributed by atoms with Gasteiger partial charge in [0, 0.05) is 13.6 Å². The van der Waals surface area contributed by atoms with Gasteiger partial charge in [0.1, 0.15) is 6.04 Å². The second-order valence-corrected chi connectivity index (χ2v) is 5.15. The minimum Gasteiger partial charge on any atom is -0.480 e. The lowest BCUT2D eigenvalue weighted by Crippen LogP contribution is -2.46. The summed E-state index contributed by atoms with van der Waals surface area (Å²) in [5, 5.41) is 11.6. The van der Waals surface area contributed by atoms with E-state index < -0.39 is 12.0 Å². The van der Waals surface area contributed by atoms with Gasteiger partial charge < -0.3 is 15.3 Å². The Balaban J connectivity index is 2.14. The standard InChI is InChI=1S/C13H24N2O3/c1-10(12(16)17)15(2)13(18)14-9-5-8-11-6-3-4-7-11/h10-11H,3-9H2,1-2H3,(H,14,18)(H,16,17). The van der Waals surface area contributed by atoms with Crippen molar-refractivity contribution in [3.05, 3.63) is 0 Å². The molecule has 5 nitrogen and oxygen atoms in total. The number of nitrogens with one attached hydrogen (secondary N) is 1. The maximum atomic E-state index is 11.6. The highest BCUT2D eigenvalue weighted by atomic mass is 16.4. The van der Waals surface area contributed by atoms with Crippen molar-refractivity contribution >= 4 is 12.0 Å². The molecule has 0 saturated heterocycles. The number of carbonyl (C=O) groups is 2. The van der Waals surface area contributed by atoms with E-state index in [2.05, 4.69) is 5.32 Å². The van der Waals surface area contributed by atoms with Crippen LogP contribution < -0.4 is 5.32 Å². The summed E-state index contributed by atoms with van der Waals surface area (Å²) in [7, 11) is 1.51. The van der Waals surface area contributed by atoms with Gasteiger partial charge >= 0.3 is 12.0 Å². The van der Waals surface area contributed by atoms with E-state index in [9.17, 15) is 9.59 Å². The van der Waals surface area contributed by atoms with E-state index in [-0.39, 0.29) is 6.03 Å². The minimum atomic E-state index is -0.987. The van der Waals surface area contributed by atoms with E-state index in [1.807, 2.05) is 0 Å². The Morgan fingerprint density at radius 2 is 2.00 bits per heavy atom. The molecule has 2 N–H and O–H groups in total. The number of amides is 2. The maximum absolute atomic E-state index is 11.6. The van der Waals surface area contributed by atoms with Gasteiger partial charge in [-0.15, -0.1) is 0 Å². The number of hydrogen-bond donors (Lipinski definition) is 2. The predicted molar refractivity (Wildman–Crippen MR) is 69.5 cm³/mol. The van der Waals surface area contributed by atoms with E-state index in [4.69, 9.17) is 5.11 Å². The Morgan fingerprint density at radius 1 is 1.39 bits per heavy atom. The van der Waals surface area contributed by atoms with Crippen molar-refractivity contribution in [1.29, 1.82) is 0 Å². The van der Waals surface area contributed by atoms with Gasteiger partial charge in [0.2, 0.25) is 0 Å². The fraction of sp³-hybridized carbons (Fsp3) is 0.846. The van der Waals surface area contributed by atoms with Crippen LogP contribution >= 0.6 is 0 Å². The second kappa shape index (κ2) is 7.24. The van der Waals surface area contributed by atoms with Crippen molar-refractivity contribution in [2.45, 2.75) is 51.5 Å². The van der Waals surface area contributed by atoms with Gasteiger partial charge in [0.25, 0.3) is 0 Å². The zero-order valence-corrected chi connectivity index (χ0v) is 11.3. The quantitative estimate of drug-likeness (QED) is 0.715. The summed E-state index contributed by atoms with van der Waals surface area (Å²) < 4.78 is 0. The third-order valence-corrected chi connectivity index (χ3v) is 3.80. The Hall–Kier alpha value is -1.26. The summed E-state index contributed by atoms with van der Waals surface area (Å²) in [4.78, 5) is 23.6. The molecular formula is C13H24N2O3. The van der Waals surface area contributed by atoms with E-state index >= 15 is 0 Å². The molecule has 1 unspecified atom stereocenters. The molecule has 0 aromatic carbocycles. The van der Waals surface area contributed by atoms with Crippen LogP contribution in [0.1, 0.15) is 45.4 Å². The van der Waals surface area contributed by atoms with Gasteiger partial charge in [0.15, 0.2) is 0 Å². The van der Waals surface area contributed by atoms with Crippen molar-refractivity contribution < 1.29 is 14.7 Å². The lowest BCUT2D eigenvalue weighted by Gasteiger charge is -2.22. The second-order valence-electron chi connectivity index (χ2n) is 5.15. The molecule has 5 heteroatoms. The number of nitrogens with zero attached hydrogens (tertiary/aromatic N) is 1. The average molecular weight is 256 g/mol. The highest BCUT2D eigenvalue weighted by molar-refractivity contribution is 5.82. The molecule has 0 aromatic rings. The summed E-state index contributed by atoms with van der Waals surface area (Å²) >= 11 is 0. The van der Waals surface area contributed by atoms with Crippen molar-refractivity contribution in [2.75, 3.05) is 13.6 Å². The topological polar surface area (TPSA) is 69.6 Å². The molecule has 0 aliphatic heterocycles. The van der Waals surface area contributed by atoms with Crippen molar-refractivity contribution in [2.24, 2.45) is 5.92 Å². The Morgan fingerprint density at radius 3 is 2.56 bits per heavy atom. The first-order valence-electron chi connectivity index (χ1n) is 6.76. The van der Waals surface area contributed by atoms with E-state index in [0.29, 0.717) is 6.54 Å². The zero-order valence-electron chi connectivity index (χ0n) is 11.3. The predicted octanol–water partition coefficient (Wildman–Crippen LogP) is 2.07. The molecule has 1 aliphatic carbocycles. The monoisotopic (exact) mass is 256 g/mol. The molecule has 1 rings (SSSR count). The summed E-state index contributed by atoms with van der Waals surface area (Å²) in [6.45, 7) is 2.13. The number of rotatable bonds is 6. The number of hydrogen-bond acceptors (Lipinski definition) is 2. The first-order chi connectivity index (χ1) is 8.52. The molecule has 1 fully saturated rings. The molecule has 104 valence electrons. The van der Waals surface area contributed by atoms with Crippen LogP contribution in [-0.2, 0) is 4.79 Å². The number of carboxylic acid groups (broad SMARTS) is 1. The molecule has 0 bridgehead atoms. The summed E-state index contributed by atoms with van der Waals surface area (Å²) in [6, 6.07) is -1.10. The maximum Gasteiger partial charge on any atom is 0.326 e. The van der Waals surface area contributed by atoms with Gasteiger partial charge in [-0.05, 0) is 25.7 Å². The highest BCUT2D eigenvalue weighted by Crippen LogP contribution is 2.28. The number of carbonyl (C=O) groups excluding carboxylic acids is 1. The van der Waals surface area contributed by atoms with Gasteiger partial charge in [0.05, 0.1) is 0 Å². The smallest absolute Gasteiger partial charge is 0.326 e. The van der Waals surface area contributed by atoms with Crippen LogP contribution in [0.3, 0.4) is 0 Å². The molecule has 1 saturated carbocycles. The van der Waals surface area contributed by atoms with Crippen LogP contribution in [0.5, 0.6) is 0 Å². The van der Waals surface area contributed by atoms with E-state index in [0.717, 1.165) is 12.3 Å². The van der Waals surface area contributed by atoms with Gasteiger partial charge in [-0.2, -0.15) is 0 Å². The molecule has 0 radical (unpaired) electrons. The lowest BCUT2D eigenvalue weighted by molar-refractivity contribution is -0.141. The fourth-order valence-corrected chi connectivity index (χ4v) is 2.35. The van der Waals surface area contributed by atoms with E-state index in [1.165, 1.54) is 51.0 Å². The molecule has 0 spiro atoms. The molecule has 1 aliphatic rings. The Labute approximate surface area is 109 Å². The van der Waals surface area contributed by atoms with Crippen molar-refractivity contribution in [3.8, 4) is 0 Å². The molecule has 18 heavy (non-hydrogen) atoms. The van der Waals surface area contributed by atoms with Crippen molar-refractivity contribution in [3.63, 3.8) is 0 Å². The normalized spacial score (nSPS) is 17.4. The van der Waals surface area contributed by atoms with E-state index in [1.54, 1.807) is 0 Å². The first-order valence-corrected chi connectivity index (χ1v) is 6.76. The number of aliphatic carboxylic acids is 1. The third-order valence-electron chi connectivity index (χ3n) is 3.80. The molecule has 2 amide bonds. The van der Waals surface area contributed by atoms with Gasteiger partial charge in [-0.3, -0.25) is 0 Å². The lowest BCUT2D eigenvalue weighted by atomic mass is 10.0. The van der Waals surface area contributed by atoms with Gasteiger partial charge in [-0.25, -0.2) is 9.59 Å². The zero-order chi connectivity index (χ0) is 13.5. The van der Waals surface area contributed by atoms with Crippen LogP contribution in [0, 0.1) is 5.92 Å². The number of carboxylic acids is 1. The summed E-state index contributed by atoms with van der Waals surface area (Å²) in [5.41, 5.74) is 0. The van der Waals surface area contributed by atoms with Crippen LogP contribution in [0.4, 0.5) is 4.79 Å². The van der Waals surface area contributed by atoms with Crippen LogP contribution in [0.2, 0.25) is 0 Å². The molecule has 0 heterocycles.